The lowest BCUT2D eigenvalue weighted by Crippen LogP contribution is -2.19. The maximum atomic E-state index is 12.6. The maximum absolute atomic E-state index is 12.6. The normalized spacial score (nSPS) is 12.5. The smallest absolute Gasteiger partial charge is 0.313 e. The molecule has 0 bridgehead atoms. The number of aromatic nitrogens is 4. The fourth-order valence-corrected chi connectivity index (χ4v) is 3.50. The summed E-state index contributed by atoms with van der Waals surface area (Å²) in [6, 6.07) is 8.25. The number of nitrogens with zero attached hydrogens (tertiary/aromatic N) is 4. The molecule has 3 rings (SSSR count). The van der Waals surface area contributed by atoms with Crippen molar-refractivity contribution in [2.45, 2.75) is 59.3 Å². The van der Waals surface area contributed by atoms with Crippen LogP contribution in [0.4, 0.5) is 0 Å². The first kappa shape index (κ1) is 20.0. The predicted octanol–water partition coefficient (Wildman–Crippen LogP) is 4.59. The second-order valence-electron chi connectivity index (χ2n) is 7.53. The van der Waals surface area contributed by atoms with E-state index in [0.717, 1.165) is 34.8 Å². The topological polar surface area (TPSA) is 69.4 Å². The molecular weight excluding hydrogens is 352 g/mol. The van der Waals surface area contributed by atoms with Crippen LogP contribution in [-0.2, 0) is 9.53 Å². The van der Waals surface area contributed by atoms with Crippen molar-refractivity contribution < 1.29 is 9.53 Å². The molecule has 6 heteroatoms. The Morgan fingerprint density at radius 3 is 2.39 bits per heavy atom. The van der Waals surface area contributed by atoms with Gasteiger partial charge in [0.05, 0.1) is 18.7 Å². The van der Waals surface area contributed by atoms with Gasteiger partial charge in [-0.25, -0.2) is 4.98 Å². The highest BCUT2D eigenvalue weighted by molar-refractivity contribution is 5.82. The molecule has 0 aliphatic rings. The first-order valence-electron chi connectivity index (χ1n) is 9.79. The lowest BCUT2D eigenvalue weighted by molar-refractivity contribution is -0.142. The Balaban J connectivity index is 2.38. The molecule has 0 saturated heterocycles. The fraction of sp³-hybridized carbons (Fsp3) is 0.455. The van der Waals surface area contributed by atoms with E-state index < -0.39 is 5.92 Å². The van der Waals surface area contributed by atoms with Crippen LogP contribution in [0.1, 0.15) is 68.1 Å². The van der Waals surface area contributed by atoms with E-state index in [9.17, 15) is 4.79 Å². The number of benzene rings is 1. The van der Waals surface area contributed by atoms with Crippen molar-refractivity contribution in [2.24, 2.45) is 0 Å². The predicted molar refractivity (Wildman–Crippen MR) is 109 cm³/mol. The van der Waals surface area contributed by atoms with Crippen molar-refractivity contribution in [1.82, 2.24) is 19.6 Å². The van der Waals surface area contributed by atoms with E-state index in [2.05, 4.69) is 61.9 Å². The fourth-order valence-electron chi connectivity index (χ4n) is 3.50. The largest absolute Gasteiger partial charge is 0.469 e. The Hall–Kier alpha value is -2.76. The number of ether oxygens (including phenoxy) is 1. The molecule has 1 aromatic carbocycles. The monoisotopic (exact) mass is 380 g/mol. The van der Waals surface area contributed by atoms with Crippen molar-refractivity contribution in [1.29, 1.82) is 0 Å². The zero-order valence-corrected chi connectivity index (χ0v) is 17.5. The molecule has 0 aliphatic carbocycles. The summed E-state index contributed by atoms with van der Waals surface area (Å²) in [6.45, 7) is 10.2. The molecule has 0 amide bonds. The van der Waals surface area contributed by atoms with E-state index >= 15 is 0 Å². The average molecular weight is 380 g/mol. The Kier molecular flexibility index (Phi) is 5.77. The molecule has 6 nitrogen and oxygen atoms in total. The van der Waals surface area contributed by atoms with E-state index in [0.29, 0.717) is 12.2 Å². The number of methoxy groups -OCH3 is 1. The SMILES string of the molecule is CCCC(C(=O)OC)c1c(C)nc2nc(C(C)C)nn2c1-c1ccc(C)cc1. The molecule has 148 valence electrons. The molecule has 0 N–H and O–H groups in total. The van der Waals surface area contributed by atoms with Gasteiger partial charge < -0.3 is 4.74 Å². The standard InChI is InChI=1S/C22H28N4O2/c1-7-8-17(21(27)28-6)18-15(5)23-22-24-20(13(2)3)25-26(22)19(18)16-11-9-14(4)10-12-16/h9-13,17H,7-8H2,1-6H3. The highest BCUT2D eigenvalue weighted by Crippen LogP contribution is 2.35. The minimum Gasteiger partial charge on any atom is -0.469 e. The van der Waals surface area contributed by atoms with E-state index in [-0.39, 0.29) is 11.9 Å². The van der Waals surface area contributed by atoms with Gasteiger partial charge in [-0.3, -0.25) is 4.79 Å². The van der Waals surface area contributed by atoms with E-state index in [1.807, 2.05) is 6.92 Å². The summed E-state index contributed by atoms with van der Waals surface area (Å²) in [5, 5.41) is 4.73. The summed E-state index contributed by atoms with van der Waals surface area (Å²) in [6.07, 6.45) is 1.55. The lowest BCUT2D eigenvalue weighted by Gasteiger charge is -2.20. The van der Waals surface area contributed by atoms with Crippen LogP contribution in [-0.4, -0.2) is 32.7 Å². The molecule has 0 spiro atoms. The van der Waals surface area contributed by atoms with Crippen molar-refractivity contribution in [2.75, 3.05) is 7.11 Å². The van der Waals surface area contributed by atoms with Gasteiger partial charge in [0.25, 0.3) is 5.78 Å². The third-order valence-electron chi connectivity index (χ3n) is 4.98. The van der Waals surface area contributed by atoms with Gasteiger partial charge in [-0.1, -0.05) is 57.0 Å². The average Bonchev–Trinajstić information content (AvgIpc) is 3.09. The summed E-state index contributed by atoms with van der Waals surface area (Å²) < 4.78 is 6.91. The third-order valence-corrected chi connectivity index (χ3v) is 4.98. The summed E-state index contributed by atoms with van der Waals surface area (Å²) in [7, 11) is 1.43. The van der Waals surface area contributed by atoms with E-state index in [1.165, 1.54) is 12.7 Å². The van der Waals surface area contributed by atoms with E-state index in [4.69, 9.17) is 9.84 Å². The number of fused-ring (bicyclic) bond motifs is 1. The second kappa shape index (κ2) is 8.09. The number of hydrogen-bond acceptors (Lipinski definition) is 5. The van der Waals surface area contributed by atoms with Crippen molar-refractivity contribution in [3.8, 4) is 11.3 Å². The second-order valence-corrected chi connectivity index (χ2v) is 7.53. The Labute approximate surface area is 166 Å². The van der Waals surface area contributed by atoms with Crippen LogP contribution in [0, 0.1) is 13.8 Å². The van der Waals surface area contributed by atoms with Crippen LogP contribution in [0.5, 0.6) is 0 Å². The Morgan fingerprint density at radius 1 is 1.14 bits per heavy atom. The summed E-state index contributed by atoms with van der Waals surface area (Å²) in [5.74, 6) is 0.838. The van der Waals surface area contributed by atoms with Gasteiger partial charge >= 0.3 is 5.97 Å². The van der Waals surface area contributed by atoms with Gasteiger partial charge in [0, 0.05) is 22.7 Å². The zero-order valence-electron chi connectivity index (χ0n) is 17.5. The molecule has 0 radical (unpaired) electrons. The van der Waals surface area contributed by atoms with Crippen LogP contribution in [0.2, 0.25) is 0 Å². The number of esters is 1. The minimum absolute atomic E-state index is 0.184. The first-order chi connectivity index (χ1) is 13.4. The minimum atomic E-state index is -0.394. The molecule has 28 heavy (non-hydrogen) atoms. The molecule has 2 aromatic heterocycles. The van der Waals surface area contributed by atoms with Crippen LogP contribution < -0.4 is 0 Å². The van der Waals surface area contributed by atoms with Crippen molar-refractivity contribution >= 4 is 11.7 Å². The highest BCUT2D eigenvalue weighted by Gasteiger charge is 2.29. The Bertz CT molecular complexity index is 990. The zero-order chi connectivity index (χ0) is 20.4. The van der Waals surface area contributed by atoms with Gasteiger partial charge in [0.1, 0.15) is 0 Å². The van der Waals surface area contributed by atoms with Crippen molar-refractivity contribution in [3.05, 3.63) is 46.9 Å². The van der Waals surface area contributed by atoms with Gasteiger partial charge in [-0.15, -0.1) is 5.10 Å². The van der Waals surface area contributed by atoms with Crippen LogP contribution in [0.3, 0.4) is 0 Å². The van der Waals surface area contributed by atoms with E-state index in [1.54, 1.807) is 4.52 Å². The Morgan fingerprint density at radius 2 is 1.82 bits per heavy atom. The summed E-state index contributed by atoms with van der Waals surface area (Å²) in [5.41, 5.74) is 4.68. The van der Waals surface area contributed by atoms with Crippen LogP contribution >= 0.6 is 0 Å². The molecule has 3 aromatic rings. The quantitative estimate of drug-likeness (QED) is 0.585. The summed E-state index contributed by atoms with van der Waals surface area (Å²) >= 11 is 0. The number of carbonyl (C=O) groups excluding carboxylic acids is 1. The number of rotatable bonds is 6. The molecule has 0 fully saturated rings. The lowest BCUT2D eigenvalue weighted by atomic mass is 9.89. The van der Waals surface area contributed by atoms with Gasteiger partial charge in [0.15, 0.2) is 5.82 Å². The molecule has 0 saturated carbocycles. The first-order valence-corrected chi connectivity index (χ1v) is 9.79. The molecule has 1 atom stereocenters. The van der Waals surface area contributed by atoms with Crippen LogP contribution in [0.15, 0.2) is 24.3 Å². The highest BCUT2D eigenvalue weighted by atomic mass is 16.5. The van der Waals surface area contributed by atoms with Gasteiger partial charge in [-0.2, -0.15) is 9.50 Å². The number of carbonyl (C=O) groups is 1. The molecule has 2 heterocycles. The van der Waals surface area contributed by atoms with Gasteiger partial charge in [-0.05, 0) is 20.3 Å². The number of hydrogen-bond donors (Lipinski definition) is 0. The molecule has 1 unspecified atom stereocenters. The third kappa shape index (κ3) is 3.63. The van der Waals surface area contributed by atoms with Gasteiger partial charge in [0.2, 0.25) is 0 Å². The molecular formula is C22H28N4O2. The number of aryl methyl sites for hydroxylation is 2. The van der Waals surface area contributed by atoms with Crippen molar-refractivity contribution in [3.63, 3.8) is 0 Å². The maximum Gasteiger partial charge on any atom is 0.313 e. The summed E-state index contributed by atoms with van der Waals surface area (Å²) in [4.78, 5) is 21.9. The van der Waals surface area contributed by atoms with Crippen LogP contribution in [0.25, 0.3) is 17.0 Å². The molecule has 0 aliphatic heterocycles.